The predicted octanol–water partition coefficient (Wildman–Crippen LogP) is 5.40. The molecule has 0 spiro atoms. The van der Waals surface area contributed by atoms with Crippen molar-refractivity contribution in [2.24, 2.45) is 0 Å². The number of ketones is 1. The van der Waals surface area contributed by atoms with Gasteiger partial charge in [0.1, 0.15) is 22.5 Å². The second-order valence-corrected chi connectivity index (χ2v) is 9.16. The number of allylic oxidation sites excluding steroid dienone is 1. The van der Waals surface area contributed by atoms with Gasteiger partial charge in [-0.25, -0.2) is 14.4 Å². The average molecular weight is 536 g/mol. The van der Waals surface area contributed by atoms with Crippen LogP contribution in [0.25, 0.3) is 17.4 Å². The number of ether oxygens (including phenoxy) is 2. The molecule has 9 nitrogen and oxygen atoms in total. The lowest BCUT2D eigenvalue weighted by Crippen LogP contribution is -2.12. The standard InChI is InChI=1S/C28H25NO8S/c1-5-35-27(33)24-16(4)25(28(34)36-6-2)38-23(24)13-21(30)17(14-29)12-18-10-11-22(37-18)19-8-7-9-20(15(19)3)26(31)32/h7-12H,5-6,13H2,1-4H3,(H,31,32)/b17-12+. The van der Waals surface area contributed by atoms with Gasteiger partial charge in [0.05, 0.1) is 29.9 Å². The lowest BCUT2D eigenvalue weighted by molar-refractivity contribution is -0.114. The van der Waals surface area contributed by atoms with Crippen LogP contribution in [0.1, 0.15) is 66.0 Å². The van der Waals surface area contributed by atoms with Crippen molar-refractivity contribution in [3.8, 4) is 17.4 Å². The number of carboxylic acids is 1. The zero-order valence-electron chi connectivity index (χ0n) is 21.2. The number of nitriles is 1. The van der Waals surface area contributed by atoms with Crippen LogP contribution in [0.4, 0.5) is 0 Å². The van der Waals surface area contributed by atoms with Gasteiger partial charge < -0.3 is 19.0 Å². The summed E-state index contributed by atoms with van der Waals surface area (Å²) in [6, 6.07) is 9.84. The molecule has 0 amide bonds. The van der Waals surface area contributed by atoms with Crippen LogP contribution < -0.4 is 0 Å². The molecule has 196 valence electrons. The molecular weight excluding hydrogens is 510 g/mol. The van der Waals surface area contributed by atoms with Gasteiger partial charge in [0.2, 0.25) is 0 Å². The summed E-state index contributed by atoms with van der Waals surface area (Å²) >= 11 is 0.953. The third-order valence-corrected chi connectivity index (χ3v) is 6.92. The average Bonchev–Trinajstić information content (AvgIpc) is 3.46. The Balaban J connectivity index is 1.93. The Labute approximate surface area is 222 Å². The smallest absolute Gasteiger partial charge is 0.348 e. The number of carboxylic acid groups (broad SMARTS) is 1. The predicted molar refractivity (Wildman–Crippen MR) is 139 cm³/mol. The summed E-state index contributed by atoms with van der Waals surface area (Å²) in [5, 5.41) is 19.0. The number of carbonyl (C=O) groups excluding carboxylic acids is 3. The van der Waals surface area contributed by atoms with Crippen LogP contribution in [-0.2, 0) is 20.7 Å². The van der Waals surface area contributed by atoms with Crippen molar-refractivity contribution in [2.75, 3.05) is 13.2 Å². The monoisotopic (exact) mass is 535 g/mol. The number of furan rings is 1. The van der Waals surface area contributed by atoms with E-state index in [0.29, 0.717) is 22.5 Å². The van der Waals surface area contributed by atoms with Crippen molar-refractivity contribution >= 4 is 41.1 Å². The van der Waals surface area contributed by atoms with Gasteiger partial charge in [-0.1, -0.05) is 12.1 Å². The van der Waals surface area contributed by atoms with Crippen LogP contribution in [0, 0.1) is 25.2 Å². The lowest BCUT2D eigenvalue weighted by atomic mass is 10.0. The van der Waals surface area contributed by atoms with Crippen LogP contribution in [0.3, 0.4) is 0 Å². The highest BCUT2D eigenvalue weighted by Gasteiger charge is 2.28. The summed E-state index contributed by atoms with van der Waals surface area (Å²) < 4.78 is 16.0. The topological polar surface area (TPSA) is 144 Å². The SMILES string of the molecule is CCOC(=O)c1sc(CC(=O)/C(C#N)=C/c2ccc(-c3cccc(C(=O)O)c3C)o2)c(C(=O)OCC)c1C. The van der Waals surface area contributed by atoms with E-state index in [2.05, 4.69) is 0 Å². The van der Waals surface area contributed by atoms with Crippen LogP contribution in [0.2, 0.25) is 0 Å². The molecule has 0 saturated carbocycles. The fraction of sp³-hybridized carbons (Fsp3) is 0.250. The fourth-order valence-electron chi connectivity index (χ4n) is 3.83. The highest BCUT2D eigenvalue weighted by Crippen LogP contribution is 2.32. The molecule has 0 aliphatic rings. The Morgan fingerprint density at radius 3 is 2.34 bits per heavy atom. The maximum Gasteiger partial charge on any atom is 0.348 e. The summed E-state index contributed by atoms with van der Waals surface area (Å²) in [6.45, 7) is 6.79. The Morgan fingerprint density at radius 2 is 1.71 bits per heavy atom. The minimum atomic E-state index is -1.06. The van der Waals surface area contributed by atoms with E-state index in [4.69, 9.17) is 13.9 Å². The molecule has 2 heterocycles. The number of carbonyl (C=O) groups is 4. The largest absolute Gasteiger partial charge is 0.478 e. The Hall–Kier alpha value is -4.49. The summed E-state index contributed by atoms with van der Waals surface area (Å²) in [4.78, 5) is 50.0. The van der Waals surface area contributed by atoms with E-state index in [1.54, 1.807) is 52.0 Å². The van der Waals surface area contributed by atoms with Gasteiger partial charge in [-0.2, -0.15) is 5.26 Å². The quantitative estimate of drug-likeness (QED) is 0.205. The number of hydrogen-bond acceptors (Lipinski definition) is 9. The minimum absolute atomic E-state index is 0.106. The van der Waals surface area contributed by atoms with Gasteiger partial charge in [-0.3, -0.25) is 4.79 Å². The van der Waals surface area contributed by atoms with E-state index in [1.807, 2.05) is 6.07 Å². The fourth-order valence-corrected chi connectivity index (χ4v) is 5.01. The molecule has 3 rings (SSSR count). The van der Waals surface area contributed by atoms with Crippen molar-refractivity contribution in [3.05, 3.63) is 73.7 Å². The molecule has 1 aromatic carbocycles. The number of benzene rings is 1. The molecule has 1 N–H and O–H groups in total. The zero-order valence-corrected chi connectivity index (χ0v) is 22.1. The van der Waals surface area contributed by atoms with Crippen LogP contribution >= 0.6 is 11.3 Å². The highest BCUT2D eigenvalue weighted by molar-refractivity contribution is 7.14. The number of esters is 2. The number of thiophene rings is 1. The van der Waals surface area contributed by atoms with Crippen LogP contribution in [0.5, 0.6) is 0 Å². The zero-order chi connectivity index (χ0) is 28.0. The third-order valence-electron chi connectivity index (χ3n) is 5.65. The molecule has 0 saturated heterocycles. The molecule has 0 bridgehead atoms. The van der Waals surface area contributed by atoms with E-state index in [1.165, 1.54) is 12.1 Å². The number of nitrogens with zero attached hydrogens (tertiary/aromatic N) is 1. The molecule has 0 unspecified atom stereocenters. The lowest BCUT2D eigenvalue weighted by Gasteiger charge is -2.06. The summed E-state index contributed by atoms with van der Waals surface area (Å²) in [6.07, 6.45) is 0.963. The molecule has 2 aromatic heterocycles. The molecule has 3 aromatic rings. The first-order valence-corrected chi connectivity index (χ1v) is 12.5. The minimum Gasteiger partial charge on any atom is -0.478 e. The van der Waals surface area contributed by atoms with Gasteiger partial charge in [0.15, 0.2) is 5.78 Å². The first kappa shape index (κ1) is 28.1. The van der Waals surface area contributed by atoms with Gasteiger partial charge in [0, 0.05) is 22.9 Å². The molecule has 0 atom stereocenters. The molecule has 0 aliphatic carbocycles. The van der Waals surface area contributed by atoms with Crippen molar-refractivity contribution in [1.29, 1.82) is 5.26 Å². The summed E-state index contributed by atoms with van der Waals surface area (Å²) in [7, 11) is 0. The molecule has 38 heavy (non-hydrogen) atoms. The van der Waals surface area contributed by atoms with Crippen LogP contribution in [-0.4, -0.2) is 42.0 Å². The first-order chi connectivity index (χ1) is 18.1. The third kappa shape index (κ3) is 5.90. The van der Waals surface area contributed by atoms with Crippen molar-refractivity contribution < 1.29 is 38.2 Å². The molecule has 0 fully saturated rings. The molecular formula is C28H25NO8S. The van der Waals surface area contributed by atoms with Gasteiger partial charge in [-0.15, -0.1) is 11.3 Å². The number of hydrogen-bond donors (Lipinski definition) is 1. The molecule has 0 radical (unpaired) electrons. The van der Waals surface area contributed by atoms with E-state index < -0.39 is 23.7 Å². The molecule has 0 aliphatic heterocycles. The second-order valence-electron chi connectivity index (χ2n) is 8.05. The van der Waals surface area contributed by atoms with Crippen molar-refractivity contribution in [3.63, 3.8) is 0 Å². The first-order valence-electron chi connectivity index (χ1n) is 11.7. The van der Waals surface area contributed by atoms with E-state index in [0.717, 1.165) is 11.3 Å². The van der Waals surface area contributed by atoms with Crippen molar-refractivity contribution in [2.45, 2.75) is 34.1 Å². The van der Waals surface area contributed by atoms with E-state index >= 15 is 0 Å². The normalized spacial score (nSPS) is 11.1. The van der Waals surface area contributed by atoms with E-state index in [-0.39, 0.29) is 51.8 Å². The maximum absolute atomic E-state index is 13.1. The highest BCUT2D eigenvalue weighted by atomic mass is 32.1. The second kappa shape index (κ2) is 12.2. The van der Waals surface area contributed by atoms with Gasteiger partial charge >= 0.3 is 17.9 Å². The number of aromatic carboxylic acids is 1. The molecule has 10 heteroatoms. The Kier molecular flexibility index (Phi) is 8.99. The maximum atomic E-state index is 13.1. The number of Topliss-reactive ketones (excluding diaryl/α,β-unsaturated/α-hetero) is 1. The Morgan fingerprint density at radius 1 is 1.03 bits per heavy atom. The Bertz CT molecular complexity index is 1480. The van der Waals surface area contributed by atoms with E-state index in [9.17, 15) is 29.5 Å². The van der Waals surface area contributed by atoms with Crippen LogP contribution in [0.15, 0.2) is 40.3 Å². The summed E-state index contributed by atoms with van der Waals surface area (Å²) in [5.74, 6) is -2.34. The number of rotatable bonds is 10. The van der Waals surface area contributed by atoms with Gasteiger partial charge in [-0.05, 0) is 57.0 Å². The van der Waals surface area contributed by atoms with Crippen molar-refractivity contribution in [1.82, 2.24) is 0 Å². The van der Waals surface area contributed by atoms with Gasteiger partial charge in [0.25, 0.3) is 0 Å². The summed E-state index contributed by atoms with van der Waals surface area (Å²) in [5.41, 5.74) is 1.45.